The summed E-state index contributed by atoms with van der Waals surface area (Å²) in [6.45, 7) is 8.24. The number of hydrogen-bond donors (Lipinski definition) is 0. The Labute approximate surface area is 140 Å². The normalized spacial score (nSPS) is 18.0. The van der Waals surface area contributed by atoms with Gasteiger partial charge in [0.2, 0.25) is 0 Å². The molecule has 0 radical (unpaired) electrons. The molecular formula is C21H28N2. The molecule has 0 spiro atoms. The van der Waals surface area contributed by atoms with Gasteiger partial charge in [-0.15, -0.1) is 0 Å². The predicted molar refractivity (Wildman–Crippen MR) is 97.5 cm³/mol. The molecule has 2 heteroatoms. The molecule has 2 aromatic carbocycles. The zero-order valence-electron chi connectivity index (χ0n) is 14.2. The van der Waals surface area contributed by atoms with E-state index in [9.17, 15) is 0 Å². The van der Waals surface area contributed by atoms with Crippen molar-refractivity contribution in [3.63, 3.8) is 0 Å². The molecular weight excluding hydrogens is 280 g/mol. The van der Waals surface area contributed by atoms with Crippen molar-refractivity contribution in [1.29, 1.82) is 0 Å². The van der Waals surface area contributed by atoms with Crippen molar-refractivity contribution in [1.82, 2.24) is 9.80 Å². The predicted octanol–water partition coefficient (Wildman–Crippen LogP) is 3.83. The van der Waals surface area contributed by atoms with Crippen LogP contribution in [-0.2, 0) is 13.0 Å². The summed E-state index contributed by atoms with van der Waals surface area (Å²) < 4.78 is 0. The van der Waals surface area contributed by atoms with Gasteiger partial charge in [-0.3, -0.25) is 9.80 Å². The Morgan fingerprint density at radius 1 is 0.783 bits per heavy atom. The van der Waals surface area contributed by atoms with Crippen molar-refractivity contribution < 1.29 is 0 Å². The smallest absolute Gasteiger partial charge is 0.0234 e. The second-order valence-electron chi connectivity index (χ2n) is 6.67. The molecule has 1 fully saturated rings. The summed E-state index contributed by atoms with van der Waals surface area (Å²) in [5.41, 5.74) is 2.89. The molecule has 2 nitrogen and oxygen atoms in total. The molecule has 1 saturated heterocycles. The molecule has 0 N–H and O–H groups in total. The Kier molecular flexibility index (Phi) is 5.84. The van der Waals surface area contributed by atoms with Crippen molar-refractivity contribution in [2.24, 2.45) is 0 Å². The SMILES string of the molecule is CC(CCc1ccccc1)N1CCN(Cc2ccccc2)CC1. The van der Waals surface area contributed by atoms with Crippen molar-refractivity contribution in [3.8, 4) is 0 Å². The van der Waals surface area contributed by atoms with Crippen LogP contribution in [0.5, 0.6) is 0 Å². The van der Waals surface area contributed by atoms with Crippen LogP contribution < -0.4 is 0 Å². The second-order valence-corrected chi connectivity index (χ2v) is 6.67. The molecule has 1 atom stereocenters. The van der Waals surface area contributed by atoms with E-state index in [4.69, 9.17) is 0 Å². The largest absolute Gasteiger partial charge is 0.298 e. The first kappa shape index (κ1) is 16.2. The maximum Gasteiger partial charge on any atom is 0.0234 e. The highest BCUT2D eigenvalue weighted by Crippen LogP contribution is 2.14. The lowest BCUT2D eigenvalue weighted by atomic mass is 10.0. The van der Waals surface area contributed by atoms with Crippen LogP contribution in [0.3, 0.4) is 0 Å². The summed E-state index contributed by atoms with van der Waals surface area (Å²) in [5.74, 6) is 0. The third-order valence-electron chi connectivity index (χ3n) is 4.97. The minimum absolute atomic E-state index is 0.675. The monoisotopic (exact) mass is 308 g/mol. The van der Waals surface area contributed by atoms with E-state index in [1.54, 1.807) is 0 Å². The van der Waals surface area contributed by atoms with Crippen LogP contribution in [-0.4, -0.2) is 42.0 Å². The fraction of sp³-hybridized carbons (Fsp3) is 0.429. The van der Waals surface area contributed by atoms with Crippen LogP contribution in [0.1, 0.15) is 24.5 Å². The molecule has 0 saturated carbocycles. The Hall–Kier alpha value is -1.64. The number of piperazine rings is 1. The maximum absolute atomic E-state index is 2.66. The topological polar surface area (TPSA) is 6.48 Å². The fourth-order valence-corrected chi connectivity index (χ4v) is 3.41. The van der Waals surface area contributed by atoms with E-state index in [-0.39, 0.29) is 0 Å². The molecule has 0 bridgehead atoms. The van der Waals surface area contributed by atoms with Crippen LogP contribution in [0.15, 0.2) is 60.7 Å². The van der Waals surface area contributed by atoms with Gasteiger partial charge in [0.15, 0.2) is 0 Å². The van der Waals surface area contributed by atoms with Gasteiger partial charge in [0.25, 0.3) is 0 Å². The fourth-order valence-electron chi connectivity index (χ4n) is 3.41. The van der Waals surface area contributed by atoms with E-state index in [2.05, 4.69) is 77.4 Å². The van der Waals surface area contributed by atoms with Gasteiger partial charge < -0.3 is 0 Å². The molecule has 23 heavy (non-hydrogen) atoms. The summed E-state index contributed by atoms with van der Waals surface area (Å²) in [6.07, 6.45) is 2.44. The van der Waals surface area contributed by atoms with Gasteiger partial charge in [0, 0.05) is 38.8 Å². The first-order valence-electron chi connectivity index (χ1n) is 8.85. The standard InChI is InChI=1S/C21H28N2/c1-19(12-13-20-8-4-2-5-9-20)23-16-14-22(15-17-23)18-21-10-6-3-7-11-21/h2-11,19H,12-18H2,1H3. The lowest BCUT2D eigenvalue weighted by Gasteiger charge is -2.38. The summed E-state index contributed by atoms with van der Waals surface area (Å²) in [6, 6.07) is 22.4. The molecule has 1 unspecified atom stereocenters. The van der Waals surface area contributed by atoms with Gasteiger partial charge in [-0.1, -0.05) is 60.7 Å². The van der Waals surface area contributed by atoms with E-state index in [1.807, 2.05) is 0 Å². The summed E-state index contributed by atoms with van der Waals surface area (Å²) >= 11 is 0. The van der Waals surface area contributed by atoms with Crippen LogP contribution in [0.4, 0.5) is 0 Å². The average molecular weight is 308 g/mol. The molecule has 3 rings (SSSR count). The van der Waals surface area contributed by atoms with Crippen molar-refractivity contribution in [2.45, 2.75) is 32.4 Å². The van der Waals surface area contributed by atoms with E-state index in [1.165, 1.54) is 50.1 Å². The van der Waals surface area contributed by atoms with Gasteiger partial charge in [-0.25, -0.2) is 0 Å². The molecule has 122 valence electrons. The van der Waals surface area contributed by atoms with E-state index in [0.29, 0.717) is 6.04 Å². The van der Waals surface area contributed by atoms with Gasteiger partial charge in [-0.2, -0.15) is 0 Å². The highest BCUT2D eigenvalue weighted by atomic mass is 15.3. The number of benzene rings is 2. The first-order valence-corrected chi connectivity index (χ1v) is 8.85. The lowest BCUT2D eigenvalue weighted by Crippen LogP contribution is -2.49. The summed E-state index contributed by atoms with van der Waals surface area (Å²) in [4.78, 5) is 5.24. The average Bonchev–Trinajstić information content (AvgIpc) is 2.62. The molecule has 1 aliphatic rings. The van der Waals surface area contributed by atoms with Gasteiger partial charge in [0.05, 0.1) is 0 Å². The first-order chi connectivity index (χ1) is 11.3. The number of hydrogen-bond acceptors (Lipinski definition) is 2. The van der Waals surface area contributed by atoms with Crippen molar-refractivity contribution >= 4 is 0 Å². The molecule has 0 aromatic heterocycles. The minimum atomic E-state index is 0.675. The third kappa shape index (κ3) is 4.92. The lowest BCUT2D eigenvalue weighted by molar-refractivity contribution is 0.0947. The zero-order valence-corrected chi connectivity index (χ0v) is 14.2. The molecule has 1 aliphatic heterocycles. The highest BCUT2D eigenvalue weighted by molar-refractivity contribution is 5.15. The second kappa shape index (κ2) is 8.28. The minimum Gasteiger partial charge on any atom is -0.298 e. The number of nitrogens with zero attached hydrogens (tertiary/aromatic N) is 2. The van der Waals surface area contributed by atoms with Crippen LogP contribution in [0.25, 0.3) is 0 Å². The third-order valence-corrected chi connectivity index (χ3v) is 4.97. The molecule has 0 aliphatic carbocycles. The highest BCUT2D eigenvalue weighted by Gasteiger charge is 2.20. The quantitative estimate of drug-likeness (QED) is 0.800. The van der Waals surface area contributed by atoms with Gasteiger partial charge in [0.1, 0.15) is 0 Å². The molecule has 0 amide bonds. The van der Waals surface area contributed by atoms with Crippen LogP contribution >= 0.6 is 0 Å². The van der Waals surface area contributed by atoms with Gasteiger partial charge >= 0.3 is 0 Å². The van der Waals surface area contributed by atoms with E-state index in [0.717, 1.165) is 6.54 Å². The Morgan fingerprint density at radius 3 is 1.96 bits per heavy atom. The molecule has 1 heterocycles. The Balaban J connectivity index is 1.41. The summed E-state index contributed by atoms with van der Waals surface area (Å²) in [5, 5.41) is 0. The van der Waals surface area contributed by atoms with E-state index >= 15 is 0 Å². The number of aryl methyl sites for hydroxylation is 1. The Bertz CT molecular complexity index is 559. The van der Waals surface area contributed by atoms with Gasteiger partial charge in [-0.05, 0) is 30.9 Å². The zero-order chi connectivity index (χ0) is 15.9. The van der Waals surface area contributed by atoms with E-state index < -0.39 is 0 Å². The van der Waals surface area contributed by atoms with Crippen LogP contribution in [0.2, 0.25) is 0 Å². The van der Waals surface area contributed by atoms with Crippen molar-refractivity contribution in [2.75, 3.05) is 26.2 Å². The summed E-state index contributed by atoms with van der Waals surface area (Å²) in [7, 11) is 0. The number of rotatable bonds is 6. The Morgan fingerprint density at radius 2 is 1.35 bits per heavy atom. The van der Waals surface area contributed by atoms with Crippen LogP contribution in [0, 0.1) is 0 Å². The molecule has 2 aromatic rings. The van der Waals surface area contributed by atoms with Crippen molar-refractivity contribution in [3.05, 3.63) is 71.8 Å². The maximum atomic E-state index is 2.66.